The number of halogens is 3. The summed E-state index contributed by atoms with van der Waals surface area (Å²) in [6.07, 6.45) is -1.26. The number of carbonyl (C=O) groups is 1. The van der Waals surface area contributed by atoms with Gasteiger partial charge >= 0.3 is 6.18 Å². The summed E-state index contributed by atoms with van der Waals surface area (Å²) in [5.74, 6) is -0.225. The third-order valence-electron chi connectivity index (χ3n) is 3.76. The maximum Gasteiger partial charge on any atom is 0.417 e. The second kappa shape index (κ2) is 5.92. The summed E-state index contributed by atoms with van der Waals surface area (Å²) in [4.78, 5) is 14.0. The van der Waals surface area contributed by atoms with E-state index in [1.54, 1.807) is 0 Å². The second-order valence-electron chi connectivity index (χ2n) is 5.51. The maximum atomic E-state index is 13.1. The molecule has 0 saturated carbocycles. The number of alkyl halides is 3. The zero-order valence-corrected chi connectivity index (χ0v) is 11.9. The molecule has 114 valence electrons. The first-order chi connectivity index (χ1) is 9.82. The summed E-state index contributed by atoms with van der Waals surface area (Å²) in [6, 6.07) is 3.56. The number of amides is 1. The molecule has 21 heavy (non-hydrogen) atoms. The van der Waals surface area contributed by atoms with Crippen molar-refractivity contribution in [2.45, 2.75) is 25.9 Å². The van der Waals surface area contributed by atoms with E-state index < -0.39 is 17.6 Å². The Morgan fingerprint density at radius 1 is 1.43 bits per heavy atom. The van der Waals surface area contributed by atoms with Gasteiger partial charge in [0.2, 0.25) is 0 Å². The lowest BCUT2D eigenvalue weighted by atomic mass is 9.97. The van der Waals surface area contributed by atoms with Gasteiger partial charge in [-0.3, -0.25) is 4.79 Å². The molecule has 1 aromatic rings. The molecular formula is C16H18F3NO. The van der Waals surface area contributed by atoms with Gasteiger partial charge < -0.3 is 4.90 Å². The summed E-state index contributed by atoms with van der Waals surface area (Å²) in [6.45, 7) is 6.57. The van der Waals surface area contributed by atoms with Gasteiger partial charge in [-0.05, 0) is 36.5 Å². The van der Waals surface area contributed by atoms with Crippen LogP contribution in [-0.4, -0.2) is 23.9 Å². The number of nitrogens with zero attached hydrogens (tertiary/aromatic N) is 1. The molecule has 5 heteroatoms. The third kappa shape index (κ3) is 3.46. The summed E-state index contributed by atoms with van der Waals surface area (Å²) < 4.78 is 39.3. The van der Waals surface area contributed by atoms with E-state index in [9.17, 15) is 18.0 Å². The molecule has 1 amide bonds. The minimum Gasteiger partial charge on any atom is -0.338 e. The van der Waals surface area contributed by atoms with Crippen LogP contribution in [0.2, 0.25) is 0 Å². The predicted octanol–water partition coefficient (Wildman–Crippen LogP) is 4.22. The highest BCUT2D eigenvalue weighted by Gasteiger charge is 2.36. The van der Waals surface area contributed by atoms with Crippen LogP contribution >= 0.6 is 0 Å². The SMILES string of the molecule is C=Cc1ccc(C(F)(F)F)c(C(=O)N2CCCC(C)C2)c1. The predicted molar refractivity (Wildman–Crippen MR) is 75.8 cm³/mol. The topological polar surface area (TPSA) is 20.3 Å². The molecule has 0 spiro atoms. The van der Waals surface area contributed by atoms with Gasteiger partial charge in [0.05, 0.1) is 11.1 Å². The van der Waals surface area contributed by atoms with Gasteiger partial charge in [0.1, 0.15) is 0 Å². The van der Waals surface area contributed by atoms with E-state index in [0.29, 0.717) is 24.6 Å². The first-order valence-corrected chi connectivity index (χ1v) is 6.96. The Morgan fingerprint density at radius 2 is 2.14 bits per heavy atom. The summed E-state index contributed by atoms with van der Waals surface area (Å²) in [5, 5.41) is 0. The zero-order chi connectivity index (χ0) is 15.6. The normalized spacial score (nSPS) is 19.4. The van der Waals surface area contributed by atoms with Gasteiger partial charge in [-0.25, -0.2) is 0 Å². The molecule has 1 atom stereocenters. The Morgan fingerprint density at radius 3 is 2.71 bits per heavy atom. The molecule has 1 unspecified atom stereocenters. The summed E-state index contributed by atoms with van der Waals surface area (Å²) in [7, 11) is 0. The van der Waals surface area contributed by atoms with E-state index in [1.165, 1.54) is 23.1 Å². The van der Waals surface area contributed by atoms with Crippen LogP contribution in [0.3, 0.4) is 0 Å². The minimum atomic E-state index is -4.54. The number of piperidine rings is 1. The van der Waals surface area contributed by atoms with Crippen molar-refractivity contribution in [3.05, 3.63) is 41.5 Å². The van der Waals surface area contributed by atoms with E-state index in [-0.39, 0.29) is 5.56 Å². The average molecular weight is 297 g/mol. The van der Waals surface area contributed by atoms with Gasteiger partial charge in [-0.1, -0.05) is 25.6 Å². The number of likely N-dealkylation sites (tertiary alicyclic amines) is 1. The Kier molecular flexibility index (Phi) is 4.40. The Bertz CT molecular complexity index is 551. The van der Waals surface area contributed by atoms with Crippen LogP contribution in [0, 0.1) is 5.92 Å². The minimum absolute atomic E-state index is 0.283. The van der Waals surface area contributed by atoms with Crippen molar-refractivity contribution in [1.82, 2.24) is 4.90 Å². The van der Waals surface area contributed by atoms with Crippen molar-refractivity contribution in [2.75, 3.05) is 13.1 Å². The van der Waals surface area contributed by atoms with Gasteiger partial charge in [-0.15, -0.1) is 0 Å². The summed E-state index contributed by atoms with van der Waals surface area (Å²) >= 11 is 0. The monoisotopic (exact) mass is 297 g/mol. The lowest BCUT2D eigenvalue weighted by Gasteiger charge is -2.31. The molecule has 0 aliphatic carbocycles. The maximum absolute atomic E-state index is 13.1. The lowest BCUT2D eigenvalue weighted by molar-refractivity contribution is -0.138. The first-order valence-electron chi connectivity index (χ1n) is 6.96. The van der Waals surface area contributed by atoms with E-state index in [2.05, 4.69) is 6.58 Å². The van der Waals surface area contributed by atoms with Crippen LogP contribution in [0.5, 0.6) is 0 Å². The number of carbonyl (C=O) groups excluding carboxylic acids is 1. The molecule has 1 aliphatic rings. The number of rotatable bonds is 2. The highest BCUT2D eigenvalue weighted by atomic mass is 19.4. The number of benzene rings is 1. The van der Waals surface area contributed by atoms with Crippen LogP contribution in [0.1, 0.15) is 41.3 Å². The standard InChI is InChI=1S/C16H18F3NO/c1-3-12-6-7-14(16(17,18)19)13(9-12)15(21)20-8-4-5-11(2)10-20/h3,6-7,9,11H,1,4-5,8,10H2,2H3. The van der Waals surface area contributed by atoms with Gasteiger partial charge in [0.15, 0.2) is 0 Å². The second-order valence-corrected chi connectivity index (χ2v) is 5.51. The highest BCUT2D eigenvalue weighted by Crippen LogP contribution is 2.33. The third-order valence-corrected chi connectivity index (χ3v) is 3.76. The molecular weight excluding hydrogens is 279 g/mol. The molecule has 1 aromatic carbocycles. The lowest BCUT2D eigenvalue weighted by Crippen LogP contribution is -2.39. The smallest absolute Gasteiger partial charge is 0.338 e. The molecule has 0 N–H and O–H groups in total. The van der Waals surface area contributed by atoms with Gasteiger partial charge in [0, 0.05) is 13.1 Å². The van der Waals surface area contributed by atoms with Crippen LogP contribution in [0.15, 0.2) is 24.8 Å². The number of hydrogen-bond acceptors (Lipinski definition) is 1. The van der Waals surface area contributed by atoms with Crippen LogP contribution in [-0.2, 0) is 6.18 Å². The van der Waals surface area contributed by atoms with E-state index in [4.69, 9.17) is 0 Å². The van der Waals surface area contributed by atoms with Crippen molar-refractivity contribution in [3.8, 4) is 0 Å². The van der Waals surface area contributed by atoms with Gasteiger partial charge in [0.25, 0.3) is 5.91 Å². The quantitative estimate of drug-likeness (QED) is 0.800. The van der Waals surface area contributed by atoms with Gasteiger partial charge in [-0.2, -0.15) is 13.2 Å². The fourth-order valence-electron chi connectivity index (χ4n) is 2.66. The fraction of sp³-hybridized carbons (Fsp3) is 0.438. The molecule has 0 radical (unpaired) electrons. The van der Waals surface area contributed by atoms with Crippen molar-refractivity contribution in [3.63, 3.8) is 0 Å². The molecule has 0 bridgehead atoms. The summed E-state index contributed by atoms with van der Waals surface area (Å²) in [5.41, 5.74) is -0.651. The molecule has 1 fully saturated rings. The fourth-order valence-corrected chi connectivity index (χ4v) is 2.66. The molecule has 2 nitrogen and oxygen atoms in total. The molecule has 1 aliphatic heterocycles. The molecule has 0 aromatic heterocycles. The van der Waals surface area contributed by atoms with Crippen molar-refractivity contribution in [2.24, 2.45) is 5.92 Å². The average Bonchev–Trinajstić information content (AvgIpc) is 2.44. The Labute approximate surface area is 122 Å². The largest absolute Gasteiger partial charge is 0.417 e. The molecule has 1 heterocycles. The molecule has 2 rings (SSSR count). The van der Waals surface area contributed by atoms with Crippen molar-refractivity contribution >= 4 is 12.0 Å². The van der Waals surface area contributed by atoms with E-state index >= 15 is 0 Å². The van der Waals surface area contributed by atoms with Crippen LogP contribution < -0.4 is 0 Å². The Hall–Kier alpha value is -1.78. The number of hydrogen-bond donors (Lipinski definition) is 0. The first kappa shape index (κ1) is 15.6. The highest BCUT2D eigenvalue weighted by molar-refractivity contribution is 5.96. The van der Waals surface area contributed by atoms with Crippen molar-refractivity contribution < 1.29 is 18.0 Å². The molecule has 1 saturated heterocycles. The van der Waals surface area contributed by atoms with Crippen LogP contribution in [0.25, 0.3) is 6.08 Å². The Balaban J connectivity index is 2.40. The zero-order valence-electron chi connectivity index (χ0n) is 11.9. The van der Waals surface area contributed by atoms with E-state index in [1.807, 2.05) is 6.92 Å². The van der Waals surface area contributed by atoms with Crippen molar-refractivity contribution in [1.29, 1.82) is 0 Å². The van der Waals surface area contributed by atoms with E-state index in [0.717, 1.165) is 18.9 Å². The van der Waals surface area contributed by atoms with Crippen LogP contribution in [0.4, 0.5) is 13.2 Å².